The first-order valence-electron chi connectivity index (χ1n) is 6.89. The quantitative estimate of drug-likeness (QED) is 0.674. The number of anilines is 3. The van der Waals surface area contributed by atoms with Gasteiger partial charge in [0, 0.05) is 30.1 Å². The van der Waals surface area contributed by atoms with Gasteiger partial charge in [-0.1, -0.05) is 6.07 Å². The molecule has 0 atom stereocenters. The van der Waals surface area contributed by atoms with E-state index in [4.69, 9.17) is 0 Å². The molecule has 0 unspecified atom stereocenters. The second kappa shape index (κ2) is 6.39. The van der Waals surface area contributed by atoms with E-state index in [1.54, 1.807) is 18.6 Å². The fraction of sp³-hybridized carbons (Fsp3) is 0.133. The third-order valence-corrected chi connectivity index (χ3v) is 3.22. The highest BCUT2D eigenvalue weighted by atomic mass is 19.1. The average molecular weight is 316 g/mol. The summed E-state index contributed by atoms with van der Waals surface area (Å²) in [6.45, 7) is 1.79. The Morgan fingerprint density at radius 1 is 1.17 bits per heavy atom. The Bertz CT molecular complexity index is 783. The summed E-state index contributed by atoms with van der Waals surface area (Å²) in [4.78, 5) is 8.45. The Labute approximate surface area is 131 Å². The summed E-state index contributed by atoms with van der Waals surface area (Å²) in [5.74, 6) is -0.343. The Kier molecular flexibility index (Phi) is 4.13. The zero-order valence-electron chi connectivity index (χ0n) is 12.3. The van der Waals surface area contributed by atoms with Crippen LogP contribution in [0.3, 0.4) is 0 Å². The molecule has 0 fully saturated rings. The molecule has 6 nitrogen and oxygen atoms in total. The lowest BCUT2D eigenvalue weighted by molar-refractivity contribution is 0.560. The minimum Gasteiger partial charge on any atom is -0.365 e. The Balaban J connectivity index is 1.77. The molecule has 23 heavy (non-hydrogen) atoms. The van der Waals surface area contributed by atoms with E-state index in [1.807, 2.05) is 6.92 Å². The number of aromatic nitrogens is 4. The van der Waals surface area contributed by atoms with Crippen molar-refractivity contribution in [3.8, 4) is 0 Å². The number of aromatic amines is 1. The molecule has 8 heteroatoms. The van der Waals surface area contributed by atoms with Crippen LogP contribution in [0.15, 0.2) is 36.8 Å². The number of aryl methyl sites for hydroxylation is 1. The monoisotopic (exact) mass is 316 g/mol. The summed E-state index contributed by atoms with van der Waals surface area (Å²) in [5.41, 5.74) is 1.44. The van der Waals surface area contributed by atoms with Crippen molar-refractivity contribution in [1.82, 2.24) is 20.2 Å². The number of halogens is 2. The summed E-state index contributed by atoms with van der Waals surface area (Å²) in [5, 5.41) is 12.4. The fourth-order valence-electron chi connectivity index (χ4n) is 2.00. The normalized spacial score (nSPS) is 10.6. The van der Waals surface area contributed by atoms with E-state index >= 15 is 0 Å². The summed E-state index contributed by atoms with van der Waals surface area (Å²) in [6, 6.07) is 3.77. The van der Waals surface area contributed by atoms with Gasteiger partial charge in [0.1, 0.15) is 17.5 Å². The van der Waals surface area contributed by atoms with Crippen LogP contribution in [0.2, 0.25) is 0 Å². The Morgan fingerprint density at radius 3 is 2.65 bits per heavy atom. The second-order valence-electron chi connectivity index (χ2n) is 4.89. The van der Waals surface area contributed by atoms with Crippen LogP contribution in [-0.4, -0.2) is 20.2 Å². The molecule has 3 N–H and O–H groups in total. The summed E-state index contributed by atoms with van der Waals surface area (Å²) in [6.07, 6.45) is 4.87. The molecule has 0 aliphatic rings. The molecule has 0 aliphatic carbocycles. The van der Waals surface area contributed by atoms with Crippen LogP contribution in [0, 0.1) is 18.6 Å². The van der Waals surface area contributed by atoms with E-state index in [9.17, 15) is 8.78 Å². The number of nitrogens with zero attached hydrogens (tertiary/aromatic N) is 3. The van der Waals surface area contributed by atoms with E-state index in [0.717, 1.165) is 5.56 Å². The smallest absolute Gasteiger partial charge is 0.229 e. The number of nitrogens with one attached hydrogen (secondary N) is 3. The number of rotatable bonds is 5. The molecule has 0 saturated heterocycles. The van der Waals surface area contributed by atoms with Crippen molar-refractivity contribution in [2.75, 3.05) is 10.6 Å². The number of H-pyrrole nitrogens is 1. The maximum Gasteiger partial charge on any atom is 0.229 e. The zero-order chi connectivity index (χ0) is 16.2. The lowest BCUT2D eigenvalue weighted by Gasteiger charge is -2.11. The molecule has 0 radical (unpaired) electrons. The van der Waals surface area contributed by atoms with Crippen molar-refractivity contribution >= 4 is 17.5 Å². The van der Waals surface area contributed by atoms with Gasteiger partial charge in [-0.05, 0) is 19.1 Å². The van der Waals surface area contributed by atoms with Crippen LogP contribution in [0.25, 0.3) is 0 Å². The van der Waals surface area contributed by atoms with Gasteiger partial charge < -0.3 is 10.6 Å². The molecular formula is C15H14F2N6. The standard InChI is InChI=1S/C15H14F2N6/c1-9-5-19-15(22-10-6-20-21-7-10)23-14(9)18-8-11-12(16)3-2-4-13(11)17/h2-7H,8H2,1H3,(H,20,21)(H2,18,19,22,23). The number of hydrogen-bond donors (Lipinski definition) is 3. The SMILES string of the molecule is Cc1cnc(Nc2cn[nH]c2)nc1NCc1c(F)cccc1F. The highest BCUT2D eigenvalue weighted by Crippen LogP contribution is 2.18. The van der Waals surface area contributed by atoms with Crippen molar-refractivity contribution in [1.29, 1.82) is 0 Å². The van der Waals surface area contributed by atoms with Crippen molar-refractivity contribution in [2.24, 2.45) is 0 Å². The van der Waals surface area contributed by atoms with Crippen molar-refractivity contribution in [2.45, 2.75) is 13.5 Å². The van der Waals surface area contributed by atoms with E-state index in [1.165, 1.54) is 18.2 Å². The summed E-state index contributed by atoms with van der Waals surface area (Å²) >= 11 is 0. The molecule has 2 heterocycles. The van der Waals surface area contributed by atoms with Crippen LogP contribution in [0.4, 0.5) is 26.2 Å². The van der Waals surface area contributed by atoms with E-state index in [2.05, 4.69) is 30.8 Å². The average Bonchev–Trinajstić information content (AvgIpc) is 3.02. The van der Waals surface area contributed by atoms with Crippen LogP contribution in [0.1, 0.15) is 11.1 Å². The first kappa shape index (κ1) is 14.9. The Morgan fingerprint density at radius 2 is 1.96 bits per heavy atom. The summed E-state index contributed by atoms with van der Waals surface area (Å²) < 4.78 is 27.3. The van der Waals surface area contributed by atoms with Gasteiger partial charge in [-0.2, -0.15) is 10.1 Å². The van der Waals surface area contributed by atoms with Crippen LogP contribution >= 0.6 is 0 Å². The first-order chi connectivity index (χ1) is 11.1. The molecule has 0 amide bonds. The van der Waals surface area contributed by atoms with Crippen LogP contribution in [-0.2, 0) is 6.54 Å². The van der Waals surface area contributed by atoms with Crippen molar-refractivity contribution in [3.63, 3.8) is 0 Å². The largest absolute Gasteiger partial charge is 0.365 e. The highest BCUT2D eigenvalue weighted by molar-refractivity contribution is 5.54. The molecular weight excluding hydrogens is 302 g/mol. The van der Waals surface area contributed by atoms with Crippen LogP contribution < -0.4 is 10.6 Å². The molecule has 0 saturated carbocycles. The molecule has 3 aromatic rings. The van der Waals surface area contributed by atoms with Gasteiger partial charge >= 0.3 is 0 Å². The third-order valence-electron chi connectivity index (χ3n) is 3.22. The zero-order valence-corrected chi connectivity index (χ0v) is 12.3. The fourth-order valence-corrected chi connectivity index (χ4v) is 2.00. The van der Waals surface area contributed by atoms with E-state index in [0.29, 0.717) is 17.5 Å². The molecule has 2 aromatic heterocycles. The van der Waals surface area contributed by atoms with Gasteiger partial charge in [0.15, 0.2) is 0 Å². The molecule has 0 bridgehead atoms. The molecule has 118 valence electrons. The topological polar surface area (TPSA) is 78.5 Å². The number of benzene rings is 1. The summed E-state index contributed by atoms with van der Waals surface area (Å²) in [7, 11) is 0. The van der Waals surface area contributed by atoms with Gasteiger partial charge in [-0.15, -0.1) is 0 Å². The minimum atomic E-state index is -0.596. The van der Waals surface area contributed by atoms with Gasteiger partial charge in [0.2, 0.25) is 5.95 Å². The minimum absolute atomic E-state index is 0.0124. The lowest BCUT2D eigenvalue weighted by atomic mass is 10.2. The van der Waals surface area contributed by atoms with Crippen LogP contribution in [0.5, 0.6) is 0 Å². The van der Waals surface area contributed by atoms with Crippen molar-refractivity contribution in [3.05, 3.63) is 59.6 Å². The van der Waals surface area contributed by atoms with E-state index in [-0.39, 0.29) is 12.1 Å². The predicted molar refractivity (Wildman–Crippen MR) is 82.3 cm³/mol. The molecule has 3 rings (SSSR count). The molecule has 1 aromatic carbocycles. The second-order valence-corrected chi connectivity index (χ2v) is 4.89. The maximum atomic E-state index is 13.6. The molecule has 0 spiro atoms. The highest BCUT2D eigenvalue weighted by Gasteiger charge is 2.10. The number of hydrogen-bond acceptors (Lipinski definition) is 5. The first-order valence-corrected chi connectivity index (χ1v) is 6.89. The lowest BCUT2D eigenvalue weighted by Crippen LogP contribution is -2.08. The third kappa shape index (κ3) is 3.42. The van der Waals surface area contributed by atoms with Gasteiger partial charge in [0.25, 0.3) is 0 Å². The van der Waals surface area contributed by atoms with Crippen molar-refractivity contribution < 1.29 is 8.78 Å². The predicted octanol–water partition coefficient (Wildman–Crippen LogP) is 3.14. The van der Waals surface area contributed by atoms with E-state index < -0.39 is 11.6 Å². The Hall–Kier alpha value is -3.03. The van der Waals surface area contributed by atoms with Gasteiger partial charge in [0.05, 0.1) is 11.9 Å². The molecule has 0 aliphatic heterocycles. The van der Waals surface area contributed by atoms with Gasteiger partial charge in [-0.25, -0.2) is 13.8 Å². The maximum absolute atomic E-state index is 13.6. The van der Waals surface area contributed by atoms with Gasteiger partial charge in [-0.3, -0.25) is 5.10 Å².